The van der Waals surface area contributed by atoms with E-state index in [9.17, 15) is 10.1 Å². The molecule has 0 radical (unpaired) electrons. The number of hydrogen-bond donors (Lipinski definition) is 1. The number of hydrogen-bond acceptors (Lipinski definition) is 2. The normalized spacial score (nSPS) is 10.8. The van der Waals surface area contributed by atoms with Crippen molar-refractivity contribution in [3.8, 4) is 0 Å². The molecule has 0 aliphatic rings. The molecule has 0 spiro atoms. The fourth-order valence-electron chi connectivity index (χ4n) is 1.67. The van der Waals surface area contributed by atoms with Crippen molar-refractivity contribution in [2.75, 3.05) is 0 Å². The molecular formula is C10H9ClN2O2. The average Bonchev–Trinajstić information content (AvgIpc) is 2.55. The van der Waals surface area contributed by atoms with Gasteiger partial charge in [0.2, 0.25) is 0 Å². The molecular weight excluding hydrogens is 216 g/mol. The second-order valence-electron chi connectivity index (χ2n) is 3.25. The first-order chi connectivity index (χ1) is 7.13. The Bertz CT molecular complexity index is 533. The Morgan fingerprint density at radius 2 is 2.27 bits per heavy atom. The van der Waals surface area contributed by atoms with E-state index in [1.807, 2.05) is 6.92 Å². The fourth-order valence-corrected chi connectivity index (χ4v) is 1.84. The molecule has 0 atom stereocenters. The van der Waals surface area contributed by atoms with Gasteiger partial charge < -0.3 is 4.98 Å². The van der Waals surface area contributed by atoms with Crippen LogP contribution in [0.25, 0.3) is 10.9 Å². The Labute approximate surface area is 91.0 Å². The quantitative estimate of drug-likeness (QED) is 0.629. The van der Waals surface area contributed by atoms with Gasteiger partial charge in [-0.15, -0.1) is 0 Å². The molecule has 0 saturated heterocycles. The zero-order valence-electron chi connectivity index (χ0n) is 8.08. The van der Waals surface area contributed by atoms with Gasteiger partial charge in [-0.25, -0.2) is 0 Å². The summed E-state index contributed by atoms with van der Waals surface area (Å²) < 4.78 is 0. The second kappa shape index (κ2) is 3.55. The van der Waals surface area contributed by atoms with E-state index in [4.69, 9.17) is 11.6 Å². The number of aryl methyl sites for hydroxylation is 1. The van der Waals surface area contributed by atoms with Gasteiger partial charge in [0, 0.05) is 5.02 Å². The van der Waals surface area contributed by atoms with E-state index >= 15 is 0 Å². The minimum absolute atomic E-state index is 0.134. The monoisotopic (exact) mass is 224 g/mol. The molecule has 2 aromatic rings. The van der Waals surface area contributed by atoms with Gasteiger partial charge in [-0.3, -0.25) is 10.1 Å². The first-order valence-electron chi connectivity index (χ1n) is 4.58. The summed E-state index contributed by atoms with van der Waals surface area (Å²) in [6, 6.07) is 5.08. The molecule has 0 aliphatic heterocycles. The summed E-state index contributed by atoms with van der Waals surface area (Å²) in [6.07, 6.45) is 0.600. The van der Waals surface area contributed by atoms with E-state index in [0.717, 1.165) is 5.52 Å². The number of fused-ring (bicyclic) bond motifs is 1. The molecule has 4 nitrogen and oxygen atoms in total. The molecule has 78 valence electrons. The van der Waals surface area contributed by atoms with Crippen LogP contribution in [-0.2, 0) is 6.42 Å². The molecule has 5 heteroatoms. The number of benzene rings is 1. The van der Waals surface area contributed by atoms with Crippen LogP contribution in [0, 0.1) is 10.1 Å². The number of nitrogens with one attached hydrogen (secondary N) is 1. The molecule has 1 aromatic carbocycles. The number of nitrogens with zero attached hydrogens (tertiary/aromatic N) is 1. The molecule has 0 amide bonds. The van der Waals surface area contributed by atoms with Crippen LogP contribution in [0.1, 0.15) is 12.6 Å². The molecule has 0 saturated carbocycles. The summed E-state index contributed by atoms with van der Waals surface area (Å²) in [5.41, 5.74) is 1.52. The summed E-state index contributed by atoms with van der Waals surface area (Å²) in [5, 5.41) is 12.0. The lowest BCUT2D eigenvalue weighted by Crippen LogP contribution is -1.91. The Balaban J connectivity index is 2.82. The Hall–Kier alpha value is -1.55. The van der Waals surface area contributed by atoms with Gasteiger partial charge in [0.1, 0.15) is 0 Å². The van der Waals surface area contributed by atoms with Gasteiger partial charge in [-0.05, 0) is 24.6 Å². The number of aromatic nitrogens is 1. The van der Waals surface area contributed by atoms with Crippen LogP contribution in [0.2, 0.25) is 5.02 Å². The standard InChI is InChI=1S/C10H9ClN2O2/c1-2-8-10(13(14)15)7-5-6(11)3-4-9(7)12-8/h3-5,12H,2H2,1H3. The van der Waals surface area contributed by atoms with Crippen LogP contribution < -0.4 is 0 Å². The number of halogens is 1. The van der Waals surface area contributed by atoms with Crippen molar-refractivity contribution in [1.82, 2.24) is 4.98 Å². The molecule has 1 aromatic heterocycles. The molecule has 1 N–H and O–H groups in total. The highest BCUT2D eigenvalue weighted by Gasteiger charge is 2.20. The van der Waals surface area contributed by atoms with Crippen molar-refractivity contribution < 1.29 is 4.92 Å². The molecule has 2 rings (SSSR count). The summed E-state index contributed by atoms with van der Waals surface area (Å²) >= 11 is 5.81. The van der Waals surface area contributed by atoms with E-state index in [2.05, 4.69) is 4.98 Å². The third-order valence-electron chi connectivity index (χ3n) is 2.34. The topological polar surface area (TPSA) is 58.9 Å². The van der Waals surface area contributed by atoms with Crippen LogP contribution in [0.5, 0.6) is 0 Å². The lowest BCUT2D eigenvalue weighted by atomic mass is 10.2. The maximum absolute atomic E-state index is 10.9. The van der Waals surface area contributed by atoms with Crippen molar-refractivity contribution in [3.05, 3.63) is 39.0 Å². The molecule has 0 bridgehead atoms. The molecule has 0 fully saturated rings. The zero-order valence-corrected chi connectivity index (χ0v) is 8.84. The summed E-state index contributed by atoms with van der Waals surface area (Å²) in [6.45, 7) is 1.87. The van der Waals surface area contributed by atoms with E-state index in [1.165, 1.54) is 0 Å². The zero-order chi connectivity index (χ0) is 11.0. The van der Waals surface area contributed by atoms with Crippen LogP contribution in [0.15, 0.2) is 18.2 Å². The second-order valence-corrected chi connectivity index (χ2v) is 3.69. The van der Waals surface area contributed by atoms with E-state index in [-0.39, 0.29) is 10.6 Å². The first-order valence-corrected chi connectivity index (χ1v) is 4.95. The number of rotatable bonds is 2. The van der Waals surface area contributed by atoms with Crippen molar-refractivity contribution in [2.24, 2.45) is 0 Å². The first kappa shape index (κ1) is 9.98. The summed E-state index contributed by atoms with van der Waals surface area (Å²) in [7, 11) is 0. The van der Waals surface area contributed by atoms with Crippen molar-refractivity contribution in [3.63, 3.8) is 0 Å². The predicted molar refractivity (Wildman–Crippen MR) is 59.3 cm³/mol. The maximum Gasteiger partial charge on any atom is 0.297 e. The van der Waals surface area contributed by atoms with Crippen LogP contribution >= 0.6 is 11.6 Å². The Morgan fingerprint density at radius 3 is 2.87 bits per heavy atom. The fraction of sp³-hybridized carbons (Fsp3) is 0.200. The van der Waals surface area contributed by atoms with Crippen molar-refractivity contribution in [1.29, 1.82) is 0 Å². The predicted octanol–water partition coefficient (Wildman–Crippen LogP) is 3.29. The van der Waals surface area contributed by atoms with E-state index in [1.54, 1.807) is 18.2 Å². The average molecular weight is 225 g/mol. The molecule has 0 aliphatic carbocycles. The lowest BCUT2D eigenvalue weighted by molar-refractivity contribution is -0.383. The number of aromatic amines is 1. The Morgan fingerprint density at radius 1 is 1.53 bits per heavy atom. The van der Waals surface area contributed by atoms with Gasteiger partial charge in [-0.1, -0.05) is 18.5 Å². The summed E-state index contributed by atoms with van der Waals surface area (Å²) in [5.74, 6) is 0. The highest BCUT2D eigenvalue weighted by Crippen LogP contribution is 2.31. The van der Waals surface area contributed by atoms with Gasteiger partial charge in [0.25, 0.3) is 5.69 Å². The van der Waals surface area contributed by atoms with Crippen LogP contribution in [0.3, 0.4) is 0 Å². The lowest BCUT2D eigenvalue weighted by Gasteiger charge is -1.92. The minimum atomic E-state index is -0.367. The third kappa shape index (κ3) is 1.57. The number of nitro groups is 1. The van der Waals surface area contributed by atoms with E-state index < -0.39 is 0 Å². The van der Waals surface area contributed by atoms with Crippen LogP contribution in [0.4, 0.5) is 5.69 Å². The van der Waals surface area contributed by atoms with Crippen molar-refractivity contribution in [2.45, 2.75) is 13.3 Å². The minimum Gasteiger partial charge on any atom is -0.353 e. The smallest absolute Gasteiger partial charge is 0.297 e. The third-order valence-corrected chi connectivity index (χ3v) is 2.58. The molecule has 1 heterocycles. The largest absolute Gasteiger partial charge is 0.353 e. The van der Waals surface area contributed by atoms with Gasteiger partial charge in [-0.2, -0.15) is 0 Å². The molecule has 0 unspecified atom stereocenters. The highest BCUT2D eigenvalue weighted by atomic mass is 35.5. The highest BCUT2D eigenvalue weighted by molar-refractivity contribution is 6.31. The van der Waals surface area contributed by atoms with Gasteiger partial charge in [0.05, 0.1) is 21.5 Å². The van der Waals surface area contributed by atoms with Crippen LogP contribution in [-0.4, -0.2) is 9.91 Å². The van der Waals surface area contributed by atoms with E-state index in [0.29, 0.717) is 22.5 Å². The maximum atomic E-state index is 10.9. The van der Waals surface area contributed by atoms with Gasteiger partial charge >= 0.3 is 0 Å². The summed E-state index contributed by atoms with van der Waals surface area (Å²) in [4.78, 5) is 13.6. The SMILES string of the molecule is CCc1[nH]c2ccc(Cl)cc2c1[N+](=O)[O-]. The number of H-pyrrole nitrogens is 1. The van der Waals surface area contributed by atoms with Crippen molar-refractivity contribution >= 4 is 28.2 Å². The Kier molecular flexibility index (Phi) is 2.36. The molecule has 15 heavy (non-hydrogen) atoms. The van der Waals surface area contributed by atoms with Gasteiger partial charge in [0.15, 0.2) is 0 Å².